The Balaban J connectivity index is 3.65. The number of hydrogen-bond donors (Lipinski definition) is 1. The maximum Gasteiger partial charge on any atom is 0.317 e. The minimum atomic E-state index is -0.775. The summed E-state index contributed by atoms with van der Waals surface area (Å²) in [5, 5.41) is 8.58. The van der Waals surface area contributed by atoms with Crippen molar-refractivity contribution in [2.75, 3.05) is 31.1 Å². The molecule has 4 heteroatoms. The van der Waals surface area contributed by atoms with Crippen LogP contribution in [0.4, 0.5) is 0 Å². The number of carboxylic acids is 1. The summed E-state index contributed by atoms with van der Waals surface area (Å²) in [5.41, 5.74) is 0. The zero-order valence-electron chi connectivity index (χ0n) is 8.03. The third-order valence-electron chi connectivity index (χ3n) is 1.50. The summed E-state index contributed by atoms with van der Waals surface area (Å²) in [6.07, 6.45) is 1.74. The lowest BCUT2D eigenvalue weighted by atomic mass is 10.4. The molecule has 0 aliphatic carbocycles. The van der Waals surface area contributed by atoms with Gasteiger partial charge in [-0.05, 0) is 5.75 Å². The highest BCUT2D eigenvalue weighted by Crippen LogP contribution is 1.99. The van der Waals surface area contributed by atoms with E-state index in [0.717, 1.165) is 18.1 Å². The molecular weight excluding hydrogens is 186 g/mol. The molecule has 0 aromatic carbocycles. The molecule has 0 aromatic heterocycles. The molecule has 0 radical (unpaired) electrons. The van der Waals surface area contributed by atoms with E-state index in [4.69, 9.17) is 5.11 Å². The Bertz CT molecular complexity index is 162. The van der Waals surface area contributed by atoms with Crippen LogP contribution in [-0.4, -0.2) is 47.1 Å². The molecule has 0 saturated carbocycles. The molecule has 0 spiro atoms. The first-order chi connectivity index (χ1) is 6.20. The average molecular weight is 203 g/mol. The summed E-state index contributed by atoms with van der Waals surface area (Å²) in [6.45, 7) is 7.26. The van der Waals surface area contributed by atoms with Crippen molar-refractivity contribution in [2.24, 2.45) is 0 Å². The lowest BCUT2D eigenvalue weighted by molar-refractivity contribution is -0.138. The van der Waals surface area contributed by atoms with Gasteiger partial charge in [-0.15, -0.1) is 6.58 Å². The quantitative estimate of drug-likeness (QED) is 0.477. The SMILES string of the molecule is C=CCN(CCSCC)CC(=O)O. The van der Waals surface area contributed by atoms with E-state index >= 15 is 0 Å². The molecule has 0 atom stereocenters. The minimum absolute atomic E-state index is 0.107. The highest BCUT2D eigenvalue weighted by Gasteiger charge is 2.06. The maximum atomic E-state index is 10.4. The zero-order chi connectivity index (χ0) is 10.1. The van der Waals surface area contributed by atoms with Gasteiger partial charge >= 0.3 is 5.97 Å². The standard InChI is InChI=1S/C9H17NO2S/c1-3-5-10(8-9(11)12)6-7-13-4-2/h3H,1,4-8H2,2H3,(H,11,12). The van der Waals surface area contributed by atoms with Gasteiger partial charge in [-0.2, -0.15) is 11.8 Å². The summed E-state index contributed by atoms with van der Waals surface area (Å²) in [4.78, 5) is 12.3. The van der Waals surface area contributed by atoms with Crippen molar-refractivity contribution in [3.05, 3.63) is 12.7 Å². The molecule has 0 aliphatic heterocycles. The Morgan fingerprint density at radius 1 is 1.69 bits per heavy atom. The molecule has 1 N–H and O–H groups in total. The Morgan fingerprint density at radius 2 is 2.38 bits per heavy atom. The van der Waals surface area contributed by atoms with Crippen LogP contribution in [0.5, 0.6) is 0 Å². The number of nitrogens with zero attached hydrogens (tertiary/aromatic N) is 1. The molecule has 0 bridgehead atoms. The molecule has 0 unspecified atom stereocenters. The Morgan fingerprint density at radius 3 is 2.85 bits per heavy atom. The van der Waals surface area contributed by atoms with Gasteiger partial charge in [0.05, 0.1) is 6.54 Å². The van der Waals surface area contributed by atoms with Crippen LogP contribution in [0, 0.1) is 0 Å². The minimum Gasteiger partial charge on any atom is -0.480 e. The van der Waals surface area contributed by atoms with E-state index in [1.54, 1.807) is 6.08 Å². The predicted octanol–water partition coefficient (Wildman–Crippen LogP) is 1.31. The van der Waals surface area contributed by atoms with Crippen LogP contribution < -0.4 is 0 Å². The first kappa shape index (κ1) is 12.5. The first-order valence-corrected chi connectivity index (χ1v) is 5.49. The van der Waals surface area contributed by atoms with Crippen molar-refractivity contribution < 1.29 is 9.90 Å². The van der Waals surface area contributed by atoms with Gasteiger partial charge in [-0.3, -0.25) is 9.69 Å². The van der Waals surface area contributed by atoms with Crippen molar-refractivity contribution in [3.8, 4) is 0 Å². The van der Waals surface area contributed by atoms with Crippen LogP contribution in [0.3, 0.4) is 0 Å². The molecule has 0 saturated heterocycles. The van der Waals surface area contributed by atoms with Crippen molar-refractivity contribution in [1.29, 1.82) is 0 Å². The van der Waals surface area contributed by atoms with Gasteiger partial charge < -0.3 is 5.11 Å². The molecule has 0 heterocycles. The third-order valence-corrected chi connectivity index (χ3v) is 2.38. The van der Waals surface area contributed by atoms with Gasteiger partial charge in [-0.25, -0.2) is 0 Å². The summed E-state index contributed by atoms with van der Waals surface area (Å²) < 4.78 is 0. The van der Waals surface area contributed by atoms with E-state index in [2.05, 4.69) is 13.5 Å². The van der Waals surface area contributed by atoms with E-state index < -0.39 is 5.97 Å². The Hall–Kier alpha value is -0.480. The second kappa shape index (κ2) is 8.13. The molecule has 0 amide bonds. The Labute approximate surface area is 83.8 Å². The van der Waals surface area contributed by atoms with Crippen LogP contribution in [0.1, 0.15) is 6.92 Å². The summed E-state index contributed by atoms with van der Waals surface area (Å²) in [7, 11) is 0. The molecule has 3 nitrogen and oxygen atoms in total. The monoisotopic (exact) mass is 203 g/mol. The number of rotatable bonds is 8. The van der Waals surface area contributed by atoms with Crippen LogP contribution in [-0.2, 0) is 4.79 Å². The predicted molar refractivity (Wildman–Crippen MR) is 57.3 cm³/mol. The smallest absolute Gasteiger partial charge is 0.317 e. The average Bonchev–Trinajstić information content (AvgIpc) is 2.04. The third kappa shape index (κ3) is 7.87. The maximum absolute atomic E-state index is 10.4. The van der Waals surface area contributed by atoms with Crippen LogP contribution in [0.2, 0.25) is 0 Å². The fourth-order valence-corrected chi connectivity index (χ4v) is 1.62. The lowest BCUT2D eigenvalue weighted by Gasteiger charge is -2.17. The first-order valence-electron chi connectivity index (χ1n) is 4.33. The number of carboxylic acid groups (broad SMARTS) is 1. The van der Waals surface area contributed by atoms with E-state index in [0.29, 0.717) is 6.54 Å². The van der Waals surface area contributed by atoms with Gasteiger partial charge in [0.15, 0.2) is 0 Å². The Kier molecular flexibility index (Phi) is 7.83. The summed E-state index contributed by atoms with van der Waals surface area (Å²) in [6, 6.07) is 0. The van der Waals surface area contributed by atoms with Crippen LogP contribution in [0.15, 0.2) is 12.7 Å². The van der Waals surface area contributed by atoms with E-state index in [1.165, 1.54) is 0 Å². The second-order valence-corrected chi connectivity index (χ2v) is 4.01. The van der Waals surface area contributed by atoms with Gasteiger partial charge in [0.25, 0.3) is 0 Å². The van der Waals surface area contributed by atoms with Crippen molar-refractivity contribution >= 4 is 17.7 Å². The molecule has 0 rings (SSSR count). The second-order valence-electron chi connectivity index (χ2n) is 2.61. The van der Waals surface area contributed by atoms with Crippen molar-refractivity contribution in [1.82, 2.24) is 4.90 Å². The number of thioether (sulfide) groups is 1. The van der Waals surface area contributed by atoms with E-state index in [9.17, 15) is 4.79 Å². The van der Waals surface area contributed by atoms with Crippen molar-refractivity contribution in [3.63, 3.8) is 0 Å². The van der Waals surface area contributed by atoms with Gasteiger partial charge in [-0.1, -0.05) is 13.0 Å². The number of hydrogen-bond acceptors (Lipinski definition) is 3. The highest BCUT2D eigenvalue weighted by atomic mass is 32.2. The van der Waals surface area contributed by atoms with E-state index in [-0.39, 0.29) is 6.54 Å². The molecule has 0 aliphatic rings. The molecule has 13 heavy (non-hydrogen) atoms. The summed E-state index contributed by atoms with van der Waals surface area (Å²) >= 11 is 1.82. The normalized spacial score (nSPS) is 10.3. The van der Waals surface area contributed by atoms with Gasteiger partial charge in [0, 0.05) is 18.8 Å². The zero-order valence-corrected chi connectivity index (χ0v) is 8.85. The number of aliphatic carboxylic acids is 1. The van der Waals surface area contributed by atoms with Gasteiger partial charge in [0.2, 0.25) is 0 Å². The van der Waals surface area contributed by atoms with Crippen LogP contribution >= 0.6 is 11.8 Å². The summed E-state index contributed by atoms with van der Waals surface area (Å²) in [5.74, 6) is 1.29. The molecule has 0 fully saturated rings. The number of carbonyl (C=O) groups is 1. The van der Waals surface area contributed by atoms with Crippen LogP contribution in [0.25, 0.3) is 0 Å². The topological polar surface area (TPSA) is 40.5 Å². The molecular formula is C9H17NO2S. The fraction of sp³-hybridized carbons (Fsp3) is 0.667. The fourth-order valence-electron chi connectivity index (χ4n) is 0.947. The highest BCUT2D eigenvalue weighted by molar-refractivity contribution is 7.99. The van der Waals surface area contributed by atoms with Gasteiger partial charge in [0.1, 0.15) is 0 Å². The van der Waals surface area contributed by atoms with Crippen molar-refractivity contribution in [2.45, 2.75) is 6.92 Å². The van der Waals surface area contributed by atoms with E-state index in [1.807, 2.05) is 16.7 Å². The largest absolute Gasteiger partial charge is 0.480 e. The molecule has 76 valence electrons. The molecule has 0 aromatic rings. The lowest BCUT2D eigenvalue weighted by Crippen LogP contribution is -2.31.